The summed E-state index contributed by atoms with van der Waals surface area (Å²) in [5, 5.41) is 14.8. The van der Waals surface area contributed by atoms with Crippen molar-refractivity contribution in [2.24, 2.45) is 5.73 Å². The van der Waals surface area contributed by atoms with Gasteiger partial charge < -0.3 is 25.6 Å². The molecule has 2 fully saturated rings. The number of nitrogens with two attached hydrogens (primary N) is 1. The third-order valence-corrected chi connectivity index (χ3v) is 5.40. The largest absolute Gasteiger partial charge is 0.492 e. The quantitative estimate of drug-likeness (QED) is 0.582. The first-order valence-electron chi connectivity index (χ1n) is 11.6. The number of carbonyl (C=O) groups is 3. The molecule has 0 atom stereocenters. The fourth-order valence-electron chi connectivity index (χ4n) is 3.99. The van der Waals surface area contributed by atoms with Crippen LogP contribution in [0.1, 0.15) is 51.5 Å². The van der Waals surface area contributed by atoms with Gasteiger partial charge in [0.15, 0.2) is 0 Å². The third-order valence-electron chi connectivity index (χ3n) is 5.40. The van der Waals surface area contributed by atoms with Gasteiger partial charge in [-0.1, -0.05) is 31.4 Å². The molecular weight excluding hydrogens is 426 g/mol. The summed E-state index contributed by atoms with van der Waals surface area (Å²) in [5.41, 5.74) is 6.48. The normalized spacial score (nSPS) is 16.5. The van der Waals surface area contributed by atoms with Crippen molar-refractivity contribution < 1.29 is 29.3 Å². The lowest BCUT2D eigenvalue weighted by atomic mass is 9.94. The first-order chi connectivity index (χ1) is 15.7. The van der Waals surface area contributed by atoms with Gasteiger partial charge in [-0.25, -0.2) is 0 Å². The van der Waals surface area contributed by atoms with E-state index in [9.17, 15) is 4.79 Å². The molecule has 0 radical (unpaired) electrons. The van der Waals surface area contributed by atoms with Crippen LogP contribution in [0.3, 0.4) is 0 Å². The van der Waals surface area contributed by atoms with Gasteiger partial charge in [0, 0.05) is 52.6 Å². The van der Waals surface area contributed by atoms with E-state index in [1.165, 1.54) is 32.1 Å². The molecule has 9 heteroatoms. The number of carboxylic acids is 2. The van der Waals surface area contributed by atoms with Crippen LogP contribution in [-0.4, -0.2) is 83.2 Å². The molecule has 33 heavy (non-hydrogen) atoms. The molecule has 1 heterocycles. The fourth-order valence-corrected chi connectivity index (χ4v) is 3.99. The Morgan fingerprint density at radius 1 is 1.00 bits per heavy atom. The zero-order valence-corrected chi connectivity index (χ0v) is 19.9. The molecule has 1 saturated heterocycles. The molecule has 1 aromatic rings. The lowest BCUT2D eigenvalue weighted by molar-refractivity contribution is -0.135. The molecule has 4 N–H and O–H groups in total. The minimum absolute atomic E-state index is 0.222. The van der Waals surface area contributed by atoms with Gasteiger partial charge in [0.05, 0.1) is 6.42 Å². The highest BCUT2D eigenvalue weighted by Crippen LogP contribution is 2.23. The number of benzene rings is 1. The topological polar surface area (TPSA) is 133 Å². The average molecular weight is 466 g/mol. The first-order valence-corrected chi connectivity index (χ1v) is 11.6. The minimum Gasteiger partial charge on any atom is -0.492 e. The summed E-state index contributed by atoms with van der Waals surface area (Å²) in [6.45, 7) is 6.93. The van der Waals surface area contributed by atoms with E-state index in [4.69, 9.17) is 30.3 Å². The van der Waals surface area contributed by atoms with E-state index in [1.807, 2.05) is 29.2 Å². The molecule has 1 aromatic carbocycles. The van der Waals surface area contributed by atoms with Gasteiger partial charge in [-0.3, -0.25) is 19.3 Å². The number of hydrogen-bond acceptors (Lipinski definition) is 6. The van der Waals surface area contributed by atoms with E-state index in [0.29, 0.717) is 19.6 Å². The highest BCUT2D eigenvalue weighted by molar-refractivity contribution is 5.79. The predicted octanol–water partition coefficient (Wildman–Crippen LogP) is 2.23. The summed E-state index contributed by atoms with van der Waals surface area (Å²) in [6, 6.07) is 8.54. The number of piperazine rings is 1. The van der Waals surface area contributed by atoms with Gasteiger partial charge in [0.2, 0.25) is 5.91 Å². The SMILES string of the molecule is CC(=O)O.CC(=O)O.NCCOc1cccc(CC(=O)N2CCN(C3CCCCC3)CC2)c1. The lowest BCUT2D eigenvalue weighted by Crippen LogP contribution is -2.52. The second kappa shape index (κ2) is 16.0. The number of ether oxygens (including phenoxy) is 1. The average Bonchev–Trinajstić information content (AvgIpc) is 2.78. The van der Waals surface area contributed by atoms with Crippen molar-refractivity contribution in [3.8, 4) is 5.75 Å². The molecule has 2 aliphatic rings. The Labute approximate surface area is 196 Å². The molecule has 186 valence electrons. The molecule has 0 aromatic heterocycles. The fraction of sp³-hybridized carbons (Fsp3) is 0.625. The maximum absolute atomic E-state index is 12.6. The minimum atomic E-state index is -0.833. The van der Waals surface area contributed by atoms with Gasteiger partial charge in [0.1, 0.15) is 12.4 Å². The van der Waals surface area contributed by atoms with Crippen LogP contribution >= 0.6 is 0 Å². The van der Waals surface area contributed by atoms with Crippen LogP contribution in [-0.2, 0) is 20.8 Å². The van der Waals surface area contributed by atoms with E-state index in [1.54, 1.807) is 0 Å². The third kappa shape index (κ3) is 12.8. The number of aliphatic carboxylic acids is 2. The molecule has 9 nitrogen and oxygen atoms in total. The summed E-state index contributed by atoms with van der Waals surface area (Å²) in [4.78, 5) is 35.2. The summed E-state index contributed by atoms with van der Waals surface area (Å²) >= 11 is 0. The lowest BCUT2D eigenvalue weighted by Gasteiger charge is -2.40. The second-order valence-electron chi connectivity index (χ2n) is 8.21. The predicted molar refractivity (Wildman–Crippen MR) is 126 cm³/mol. The zero-order valence-electron chi connectivity index (χ0n) is 19.9. The standard InChI is InChI=1S/C20H31N3O2.2C2H4O2/c21-9-14-25-19-8-4-5-17(15-19)16-20(24)23-12-10-22(11-13-23)18-6-2-1-3-7-18;2*1-2(3)4/h4-5,8,15,18H,1-3,6-7,9-14,16,21H2;2*1H3,(H,3,4). The van der Waals surface area contributed by atoms with E-state index >= 15 is 0 Å². The van der Waals surface area contributed by atoms with Crippen LogP contribution in [0.2, 0.25) is 0 Å². The van der Waals surface area contributed by atoms with Crippen molar-refractivity contribution in [3.63, 3.8) is 0 Å². The van der Waals surface area contributed by atoms with Gasteiger partial charge >= 0.3 is 0 Å². The number of nitrogens with zero attached hydrogens (tertiary/aromatic N) is 2. The monoisotopic (exact) mass is 465 g/mol. The number of carboxylic acid groups (broad SMARTS) is 2. The molecule has 1 aliphatic heterocycles. The number of hydrogen-bond donors (Lipinski definition) is 3. The van der Waals surface area contributed by atoms with Crippen LogP contribution in [0, 0.1) is 0 Å². The molecule has 1 amide bonds. The van der Waals surface area contributed by atoms with Gasteiger partial charge in [-0.05, 0) is 30.5 Å². The Morgan fingerprint density at radius 2 is 1.58 bits per heavy atom. The van der Waals surface area contributed by atoms with E-state index < -0.39 is 11.9 Å². The molecule has 3 rings (SSSR count). The van der Waals surface area contributed by atoms with Crippen molar-refractivity contribution in [2.75, 3.05) is 39.3 Å². The Kier molecular flexibility index (Phi) is 13.8. The van der Waals surface area contributed by atoms with Crippen molar-refractivity contribution in [1.82, 2.24) is 9.80 Å². The van der Waals surface area contributed by atoms with E-state index in [-0.39, 0.29) is 5.91 Å². The second-order valence-corrected chi connectivity index (χ2v) is 8.21. The molecule has 0 unspecified atom stereocenters. The molecular formula is C24H39N3O6. The van der Waals surface area contributed by atoms with Crippen LogP contribution in [0.5, 0.6) is 5.75 Å². The molecule has 1 aliphatic carbocycles. The number of carbonyl (C=O) groups excluding carboxylic acids is 1. The van der Waals surface area contributed by atoms with Crippen LogP contribution < -0.4 is 10.5 Å². The van der Waals surface area contributed by atoms with E-state index in [2.05, 4.69) is 4.90 Å². The summed E-state index contributed by atoms with van der Waals surface area (Å²) < 4.78 is 5.55. The molecule has 1 saturated carbocycles. The van der Waals surface area contributed by atoms with Crippen LogP contribution in [0.25, 0.3) is 0 Å². The van der Waals surface area contributed by atoms with Crippen LogP contribution in [0.4, 0.5) is 0 Å². The molecule has 0 bridgehead atoms. The maximum Gasteiger partial charge on any atom is 0.300 e. The number of rotatable bonds is 6. The Hall–Kier alpha value is -2.65. The Bertz CT molecular complexity index is 709. The van der Waals surface area contributed by atoms with Crippen molar-refractivity contribution in [1.29, 1.82) is 0 Å². The van der Waals surface area contributed by atoms with Gasteiger partial charge in [0.25, 0.3) is 11.9 Å². The summed E-state index contributed by atoms with van der Waals surface area (Å²) in [6.07, 6.45) is 7.25. The Balaban J connectivity index is 0.000000591. The van der Waals surface area contributed by atoms with Crippen molar-refractivity contribution in [3.05, 3.63) is 29.8 Å². The molecule has 0 spiro atoms. The highest BCUT2D eigenvalue weighted by Gasteiger charge is 2.26. The smallest absolute Gasteiger partial charge is 0.300 e. The summed E-state index contributed by atoms with van der Waals surface area (Å²) in [7, 11) is 0. The maximum atomic E-state index is 12.6. The van der Waals surface area contributed by atoms with Gasteiger partial charge in [-0.2, -0.15) is 0 Å². The first kappa shape index (κ1) is 28.4. The van der Waals surface area contributed by atoms with Crippen molar-refractivity contribution in [2.45, 2.75) is 58.4 Å². The Morgan fingerprint density at radius 3 is 2.12 bits per heavy atom. The van der Waals surface area contributed by atoms with Gasteiger partial charge in [-0.15, -0.1) is 0 Å². The zero-order chi connectivity index (χ0) is 24.6. The van der Waals surface area contributed by atoms with Crippen molar-refractivity contribution >= 4 is 17.8 Å². The summed E-state index contributed by atoms with van der Waals surface area (Å²) in [5.74, 6) is -0.655. The van der Waals surface area contributed by atoms with E-state index in [0.717, 1.165) is 57.4 Å². The van der Waals surface area contributed by atoms with Crippen LogP contribution in [0.15, 0.2) is 24.3 Å². The number of amides is 1. The highest BCUT2D eigenvalue weighted by atomic mass is 16.5.